The van der Waals surface area contributed by atoms with Gasteiger partial charge in [-0.25, -0.2) is 18.2 Å². The van der Waals surface area contributed by atoms with Gasteiger partial charge in [-0.05, 0) is 19.1 Å². The monoisotopic (exact) mass is 301 g/mol. The Balaban J connectivity index is 2.94. The lowest BCUT2D eigenvalue weighted by Crippen LogP contribution is -2.44. The van der Waals surface area contributed by atoms with Gasteiger partial charge in [0.1, 0.15) is 0 Å². The van der Waals surface area contributed by atoms with Crippen LogP contribution in [0.15, 0.2) is 23.4 Å². The number of nitrogens with zero attached hydrogens (tertiary/aromatic N) is 2. The van der Waals surface area contributed by atoms with E-state index in [4.69, 9.17) is 5.11 Å². The number of carboxylic acids is 1. The molecule has 1 atom stereocenters. The number of carboxylic acid groups (broad SMARTS) is 1. The maximum atomic E-state index is 12.0. The molecule has 0 fully saturated rings. The molecule has 0 saturated carbocycles. The normalized spacial score (nSPS) is 12.8. The molecule has 0 aromatic carbocycles. The summed E-state index contributed by atoms with van der Waals surface area (Å²) in [5, 5.41) is 8.36. The zero-order valence-corrected chi connectivity index (χ0v) is 12.0. The first kappa shape index (κ1) is 16.1. The molecule has 0 radical (unpaired) electrons. The number of amides is 1. The minimum atomic E-state index is -3.98. The Morgan fingerprint density at radius 1 is 1.35 bits per heavy atom. The van der Waals surface area contributed by atoms with Gasteiger partial charge in [-0.15, -0.1) is 0 Å². The van der Waals surface area contributed by atoms with Gasteiger partial charge >= 0.3 is 5.97 Å². The van der Waals surface area contributed by atoms with E-state index in [-0.39, 0.29) is 10.6 Å². The Morgan fingerprint density at radius 3 is 2.35 bits per heavy atom. The molecule has 0 spiro atoms. The topological polar surface area (TPSA) is 117 Å². The highest BCUT2D eigenvalue weighted by Gasteiger charge is 2.24. The summed E-state index contributed by atoms with van der Waals surface area (Å²) in [7, 11) is -0.968. The molecule has 0 aliphatic rings. The number of pyridine rings is 1. The molecule has 1 unspecified atom stereocenters. The third-order valence-electron chi connectivity index (χ3n) is 2.40. The molecule has 20 heavy (non-hydrogen) atoms. The molecule has 0 aliphatic heterocycles. The van der Waals surface area contributed by atoms with Crippen LogP contribution >= 0.6 is 0 Å². The lowest BCUT2D eigenvalue weighted by atomic mass is 10.3. The number of hydrogen-bond donors (Lipinski definition) is 2. The van der Waals surface area contributed by atoms with Crippen molar-refractivity contribution in [3.05, 3.63) is 23.9 Å². The van der Waals surface area contributed by atoms with Crippen LogP contribution in [0.4, 0.5) is 0 Å². The van der Waals surface area contributed by atoms with Crippen LogP contribution in [0.3, 0.4) is 0 Å². The molecule has 9 heteroatoms. The minimum absolute atomic E-state index is 0.124. The van der Waals surface area contributed by atoms with E-state index in [0.717, 1.165) is 18.3 Å². The number of aromatic nitrogens is 1. The van der Waals surface area contributed by atoms with Crippen molar-refractivity contribution in [1.29, 1.82) is 0 Å². The van der Waals surface area contributed by atoms with Gasteiger partial charge in [0, 0.05) is 20.3 Å². The summed E-state index contributed by atoms with van der Waals surface area (Å²) in [5.41, 5.74) is -0.124. The zero-order valence-electron chi connectivity index (χ0n) is 11.2. The Kier molecular flexibility index (Phi) is 4.79. The molecule has 1 heterocycles. The van der Waals surface area contributed by atoms with Crippen molar-refractivity contribution in [3.8, 4) is 0 Å². The van der Waals surface area contributed by atoms with E-state index in [9.17, 15) is 18.0 Å². The van der Waals surface area contributed by atoms with Crippen LogP contribution in [0, 0.1) is 0 Å². The molecular formula is C11H15N3O5S. The third kappa shape index (κ3) is 3.75. The number of likely N-dealkylation sites (N-methyl/N-ethyl adjacent to an activating group) is 1. The van der Waals surface area contributed by atoms with E-state index in [1.165, 1.54) is 25.9 Å². The zero-order chi connectivity index (χ0) is 15.5. The molecular weight excluding hydrogens is 286 g/mol. The van der Waals surface area contributed by atoms with E-state index in [1.54, 1.807) is 0 Å². The van der Waals surface area contributed by atoms with Gasteiger partial charge in [0.05, 0.1) is 11.6 Å². The van der Waals surface area contributed by atoms with Gasteiger partial charge in [0.25, 0.3) is 10.0 Å². The van der Waals surface area contributed by atoms with Gasteiger partial charge in [0.15, 0.2) is 5.03 Å². The smallest absolute Gasteiger partial charge is 0.337 e. The number of rotatable bonds is 5. The number of sulfonamides is 1. The van der Waals surface area contributed by atoms with Crippen molar-refractivity contribution >= 4 is 21.9 Å². The highest BCUT2D eigenvalue weighted by Crippen LogP contribution is 2.08. The average molecular weight is 301 g/mol. The maximum absolute atomic E-state index is 12.0. The van der Waals surface area contributed by atoms with Gasteiger partial charge < -0.3 is 10.0 Å². The van der Waals surface area contributed by atoms with Crippen LogP contribution in [0.2, 0.25) is 0 Å². The largest absolute Gasteiger partial charge is 0.478 e. The highest BCUT2D eigenvalue weighted by molar-refractivity contribution is 7.89. The summed E-state index contributed by atoms with van der Waals surface area (Å²) in [6.07, 6.45) is 0.940. The summed E-state index contributed by atoms with van der Waals surface area (Å²) in [5.74, 6) is -1.61. The standard InChI is InChI=1S/C11H15N3O5S/c1-7(10(15)14(2)3)13-20(18,19)9-5-4-8(6-12-9)11(16)17/h4-7,13H,1-3H3,(H,16,17). The number of nitrogens with one attached hydrogen (secondary N) is 1. The van der Waals surface area contributed by atoms with Gasteiger partial charge in [-0.2, -0.15) is 4.72 Å². The van der Waals surface area contributed by atoms with Crippen molar-refractivity contribution in [2.24, 2.45) is 0 Å². The van der Waals surface area contributed by atoms with E-state index in [1.807, 2.05) is 0 Å². The predicted molar refractivity (Wildman–Crippen MR) is 69.7 cm³/mol. The van der Waals surface area contributed by atoms with Crippen LogP contribution in [0.25, 0.3) is 0 Å². The number of carbonyl (C=O) groups is 2. The van der Waals surface area contributed by atoms with Crippen molar-refractivity contribution in [2.45, 2.75) is 18.0 Å². The van der Waals surface area contributed by atoms with Crippen LogP contribution in [-0.2, 0) is 14.8 Å². The SMILES string of the molecule is CC(NS(=O)(=O)c1ccc(C(=O)O)cn1)C(=O)N(C)C. The quantitative estimate of drug-likeness (QED) is 0.759. The van der Waals surface area contributed by atoms with Crippen LogP contribution in [-0.4, -0.2) is 55.4 Å². The lowest BCUT2D eigenvalue weighted by molar-refractivity contribution is -0.130. The van der Waals surface area contributed by atoms with E-state index in [0.29, 0.717) is 0 Å². The second-order valence-corrected chi connectivity index (χ2v) is 5.93. The van der Waals surface area contributed by atoms with Gasteiger partial charge in [-0.1, -0.05) is 0 Å². The second-order valence-electron chi connectivity index (χ2n) is 4.27. The summed E-state index contributed by atoms with van der Waals surface area (Å²) in [4.78, 5) is 27.1. The number of hydrogen-bond acceptors (Lipinski definition) is 5. The first-order valence-electron chi connectivity index (χ1n) is 5.58. The molecule has 1 aromatic rings. The summed E-state index contributed by atoms with van der Waals surface area (Å²) in [6, 6.07) is 1.25. The third-order valence-corrected chi connectivity index (χ3v) is 3.86. The van der Waals surface area contributed by atoms with E-state index >= 15 is 0 Å². The fourth-order valence-electron chi connectivity index (χ4n) is 1.40. The fourth-order valence-corrected chi connectivity index (χ4v) is 2.52. The van der Waals surface area contributed by atoms with Gasteiger partial charge in [0.2, 0.25) is 5.91 Å². The van der Waals surface area contributed by atoms with E-state index in [2.05, 4.69) is 9.71 Å². The molecule has 1 amide bonds. The molecule has 2 N–H and O–H groups in total. The Morgan fingerprint density at radius 2 is 1.95 bits per heavy atom. The molecule has 110 valence electrons. The molecule has 1 rings (SSSR count). The predicted octanol–water partition coefficient (Wildman–Crippen LogP) is -0.465. The Labute approximate surface area is 116 Å². The number of aromatic carboxylic acids is 1. The summed E-state index contributed by atoms with van der Waals surface area (Å²) in [6.45, 7) is 1.41. The molecule has 1 aromatic heterocycles. The van der Waals surface area contributed by atoms with Crippen molar-refractivity contribution in [1.82, 2.24) is 14.6 Å². The molecule has 0 bridgehead atoms. The van der Waals surface area contributed by atoms with Crippen LogP contribution in [0.5, 0.6) is 0 Å². The Hall–Kier alpha value is -2.00. The highest BCUT2D eigenvalue weighted by atomic mass is 32.2. The molecule has 8 nitrogen and oxygen atoms in total. The van der Waals surface area contributed by atoms with Crippen LogP contribution in [0.1, 0.15) is 17.3 Å². The average Bonchev–Trinajstić information content (AvgIpc) is 2.37. The lowest BCUT2D eigenvalue weighted by Gasteiger charge is -2.17. The first-order chi connectivity index (χ1) is 9.15. The number of carbonyl (C=O) groups excluding carboxylic acids is 1. The fraction of sp³-hybridized carbons (Fsp3) is 0.364. The van der Waals surface area contributed by atoms with Crippen LogP contribution < -0.4 is 4.72 Å². The maximum Gasteiger partial charge on any atom is 0.337 e. The van der Waals surface area contributed by atoms with E-state index < -0.39 is 27.9 Å². The van der Waals surface area contributed by atoms with Crippen molar-refractivity contribution < 1.29 is 23.1 Å². The van der Waals surface area contributed by atoms with Crippen molar-refractivity contribution in [3.63, 3.8) is 0 Å². The minimum Gasteiger partial charge on any atom is -0.478 e. The molecule has 0 saturated heterocycles. The molecule has 0 aliphatic carbocycles. The summed E-state index contributed by atoms with van der Waals surface area (Å²) >= 11 is 0. The Bertz CT molecular complexity index is 609. The van der Waals surface area contributed by atoms with Gasteiger partial charge in [-0.3, -0.25) is 4.79 Å². The summed E-state index contributed by atoms with van der Waals surface area (Å²) < 4.78 is 26.1. The second kappa shape index (κ2) is 5.97. The van der Waals surface area contributed by atoms with Crippen molar-refractivity contribution in [2.75, 3.05) is 14.1 Å². The first-order valence-corrected chi connectivity index (χ1v) is 7.06.